The van der Waals surface area contributed by atoms with Crippen LogP contribution in [0.5, 0.6) is 0 Å². The second-order valence-corrected chi connectivity index (χ2v) is 4.60. The molecule has 0 fully saturated rings. The van der Waals surface area contributed by atoms with Crippen LogP contribution < -0.4 is 10.9 Å². The summed E-state index contributed by atoms with van der Waals surface area (Å²) < 4.78 is 0. The van der Waals surface area contributed by atoms with Crippen LogP contribution in [-0.2, 0) is 0 Å². The van der Waals surface area contributed by atoms with Gasteiger partial charge in [-0.05, 0) is 19.4 Å². The minimum absolute atomic E-state index is 0.883. The van der Waals surface area contributed by atoms with Gasteiger partial charge < -0.3 is 0 Å². The highest BCUT2D eigenvalue weighted by atomic mass is 32.2. The van der Waals surface area contributed by atoms with Crippen molar-refractivity contribution in [2.24, 2.45) is 4.99 Å². The van der Waals surface area contributed by atoms with E-state index in [-0.39, 0.29) is 0 Å². The van der Waals surface area contributed by atoms with Crippen LogP contribution >= 0.6 is 11.8 Å². The molecular weight excluding hydrogens is 218 g/mol. The number of nitrogens with one attached hydrogen (secondary N) is 2. The van der Waals surface area contributed by atoms with E-state index < -0.39 is 0 Å². The van der Waals surface area contributed by atoms with Crippen LogP contribution in [0, 0.1) is 13.8 Å². The van der Waals surface area contributed by atoms with E-state index in [4.69, 9.17) is 0 Å². The lowest BCUT2D eigenvalue weighted by Crippen LogP contribution is -2.36. The fraction of sp³-hybridized carbons (Fsp3) is 0.250. The number of thioether (sulfide) groups is 1. The maximum absolute atomic E-state index is 4.07. The first-order chi connectivity index (χ1) is 7.70. The van der Waals surface area contributed by atoms with Crippen molar-refractivity contribution in [1.82, 2.24) is 10.9 Å². The van der Waals surface area contributed by atoms with E-state index in [9.17, 15) is 0 Å². The summed E-state index contributed by atoms with van der Waals surface area (Å²) in [5.74, 6) is 0. The van der Waals surface area contributed by atoms with Gasteiger partial charge in [0.2, 0.25) is 0 Å². The first-order valence-electron chi connectivity index (χ1n) is 5.14. The van der Waals surface area contributed by atoms with E-state index in [1.54, 1.807) is 18.8 Å². The van der Waals surface area contributed by atoms with Gasteiger partial charge in [0.05, 0.1) is 5.70 Å². The van der Waals surface area contributed by atoms with E-state index in [0.29, 0.717) is 0 Å². The Balaban J connectivity index is 2.29. The molecule has 0 atom stereocenters. The van der Waals surface area contributed by atoms with E-state index >= 15 is 0 Å². The molecule has 0 saturated heterocycles. The summed E-state index contributed by atoms with van der Waals surface area (Å²) >= 11 is 1.59. The lowest BCUT2D eigenvalue weighted by molar-refractivity contribution is 0.845. The van der Waals surface area contributed by atoms with Gasteiger partial charge in [0.25, 0.3) is 0 Å². The molecule has 0 saturated carbocycles. The van der Waals surface area contributed by atoms with Crippen molar-refractivity contribution >= 4 is 22.6 Å². The summed E-state index contributed by atoms with van der Waals surface area (Å²) in [6.45, 7) is 4.23. The third-order valence-electron chi connectivity index (χ3n) is 2.47. The standard InChI is InChI=1S/C12H15N3S/c1-8-4-5-10(9(2)6-8)11-7-16-12(13-3)15-14-11/h4-7,14H,1-3H3,(H,13,15). The fourth-order valence-electron chi connectivity index (χ4n) is 1.65. The van der Waals surface area contributed by atoms with Gasteiger partial charge >= 0.3 is 0 Å². The zero-order valence-corrected chi connectivity index (χ0v) is 10.5. The van der Waals surface area contributed by atoms with Gasteiger partial charge in [-0.2, -0.15) is 0 Å². The molecule has 0 aromatic heterocycles. The van der Waals surface area contributed by atoms with Crippen molar-refractivity contribution in [2.45, 2.75) is 13.8 Å². The molecule has 1 aromatic rings. The molecule has 0 unspecified atom stereocenters. The lowest BCUT2D eigenvalue weighted by atomic mass is 10.0. The Hall–Kier alpha value is -1.42. The van der Waals surface area contributed by atoms with Gasteiger partial charge in [0.1, 0.15) is 0 Å². The molecule has 4 heteroatoms. The molecule has 84 valence electrons. The number of aryl methyl sites for hydroxylation is 2. The van der Waals surface area contributed by atoms with Crippen LogP contribution in [0.15, 0.2) is 28.6 Å². The average molecular weight is 233 g/mol. The highest BCUT2D eigenvalue weighted by Gasteiger charge is 2.10. The predicted molar refractivity (Wildman–Crippen MR) is 71.1 cm³/mol. The summed E-state index contributed by atoms with van der Waals surface area (Å²) in [7, 11) is 1.77. The third kappa shape index (κ3) is 2.22. The summed E-state index contributed by atoms with van der Waals surface area (Å²) in [6, 6.07) is 6.45. The second-order valence-electron chi connectivity index (χ2n) is 3.75. The molecule has 0 spiro atoms. The van der Waals surface area contributed by atoms with Crippen molar-refractivity contribution in [2.75, 3.05) is 7.05 Å². The molecule has 1 aromatic carbocycles. The van der Waals surface area contributed by atoms with Gasteiger partial charge in [-0.1, -0.05) is 35.5 Å². The Kier molecular flexibility index (Phi) is 3.19. The normalized spacial score (nSPS) is 17.7. The van der Waals surface area contributed by atoms with Gasteiger partial charge in [0, 0.05) is 18.0 Å². The van der Waals surface area contributed by atoms with Crippen molar-refractivity contribution in [3.05, 3.63) is 40.3 Å². The summed E-state index contributed by atoms with van der Waals surface area (Å²) in [4.78, 5) is 4.07. The van der Waals surface area contributed by atoms with Crippen LogP contribution in [0.25, 0.3) is 5.70 Å². The summed E-state index contributed by atoms with van der Waals surface area (Å²) in [6.07, 6.45) is 0. The molecule has 0 aliphatic carbocycles. The number of hydrogen-bond donors (Lipinski definition) is 2. The topological polar surface area (TPSA) is 36.4 Å². The smallest absolute Gasteiger partial charge is 0.179 e. The number of rotatable bonds is 1. The number of hydrazine groups is 1. The van der Waals surface area contributed by atoms with Crippen molar-refractivity contribution in [3.8, 4) is 0 Å². The Morgan fingerprint density at radius 1 is 1.19 bits per heavy atom. The molecule has 1 aliphatic heterocycles. The monoisotopic (exact) mass is 233 g/mol. The molecule has 2 N–H and O–H groups in total. The first kappa shape index (κ1) is 11.1. The first-order valence-corrected chi connectivity index (χ1v) is 6.02. The Morgan fingerprint density at radius 3 is 2.56 bits per heavy atom. The van der Waals surface area contributed by atoms with E-state index in [2.05, 4.69) is 53.3 Å². The quantitative estimate of drug-likeness (QED) is 0.782. The Labute approximate surface area is 100 Å². The molecule has 3 nitrogen and oxygen atoms in total. The number of hydrogen-bond acceptors (Lipinski definition) is 3. The predicted octanol–water partition coefficient (Wildman–Crippen LogP) is 2.43. The molecule has 2 rings (SSSR count). The van der Waals surface area contributed by atoms with E-state index in [1.165, 1.54) is 16.7 Å². The molecule has 1 heterocycles. The second kappa shape index (κ2) is 4.61. The van der Waals surface area contributed by atoms with Gasteiger partial charge in [-0.15, -0.1) is 0 Å². The number of benzene rings is 1. The largest absolute Gasteiger partial charge is 0.298 e. The van der Waals surface area contributed by atoms with Crippen LogP contribution in [0.3, 0.4) is 0 Å². The van der Waals surface area contributed by atoms with Crippen LogP contribution in [0.4, 0.5) is 0 Å². The highest BCUT2D eigenvalue weighted by molar-refractivity contribution is 8.16. The average Bonchev–Trinajstić information content (AvgIpc) is 2.29. The third-order valence-corrected chi connectivity index (χ3v) is 3.33. The maximum Gasteiger partial charge on any atom is 0.179 e. The van der Waals surface area contributed by atoms with Gasteiger partial charge in [0.15, 0.2) is 5.17 Å². The number of nitrogens with zero attached hydrogens (tertiary/aromatic N) is 1. The Morgan fingerprint density at radius 2 is 2.00 bits per heavy atom. The molecule has 0 amide bonds. The van der Waals surface area contributed by atoms with Crippen LogP contribution in [0.2, 0.25) is 0 Å². The molecule has 16 heavy (non-hydrogen) atoms. The van der Waals surface area contributed by atoms with E-state index in [1.807, 2.05) is 0 Å². The summed E-state index contributed by atoms with van der Waals surface area (Å²) in [5, 5.41) is 2.96. The van der Waals surface area contributed by atoms with Crippen molar-refractivity contribution in [3.63, 3.8) is 0 Å². The minimum Gasteiger partial charge on any atom is -0.298 e. The van der Waals surface area contributed by atoms with Crippen molar-refractivity contribution < 1.29 is 0 Å². The summed E-state index contributed by atoms with van der Waals surface area (Å²) in [5.41, 5.74) is 11.1. The maximum atomic E-state index is 4.07. The fourth-order valence-corrected chi connectivity index (χ4v) is 2.28. The SMILES string of the molecule is CN=C1NNC(c2ccc(C)cc2C)=CS1. The van der Waals surface area contributed by atoms with E-state index in [0.717, 1.165) is 10.9 Å². The van der Waals surface area contributed by atoms with Gasteiger partial charge in [-0.25, -0.2) is 0 Å². The zero-order chi connectivity index (χ0) is 11.5. The molecule has 0 bridgehead atoms. The van der Waals surface area contributed by atoms with Crippen LogP contribution in [-0.4, -0.2) is 12.2 Å². The van der Waals surface area contributed by atoms with Crippen LogP contribution in [0.1, 0.15) is 16.7 Å². The highest BCUT2D eigenvalue weighted by Crippen LogP contribution is 2.22. The Bertz CT molecular complexity index is 463. The van der Waals surface area contributed by atoms with Gasteiger partial charge in [-0.3, -0.25) is 15.8 Å². The molecule has 0 radical (unpaired) electrons. The minimum atomic E-state index is 0.883. The molecular formula is C12H15N3S. The number of aliphatic imine (C=N–C) groups is 1. The zero-order valence-electron chi connectivity index (χ0n) is 9.66. The lowest BCUT2D eigenvalue weighted by Gasteiger charge is -2.20. The molecule has 1 aliphatic rings. The van der Waals surface area contributed by atoms with Crippen molar-refractivity contribution in [1.29, 1.82) is 0 Å². The number of amidine groups is 1.